The topological polar surface area (TPSA) is 90.0 Å². The average molecular weight is 481 g/mol. The molecular weight excluding hydrogens is 451 g/mol. The van der Waals surface area contributed by atoms with Gasteiger partial charge in [-0.05, 0) is 91.9 Å². The fourth-order valence-electron chi connectivity index (χ4n) is 4.87. The van der Waals surface area contributed by atoms with Crippen molar-refractivity contribution >= 4 is 26.6 Å². The molecule has 4 aromatic rings. The SMILES string of the molecule is CC[C@H](CNc1ccc2c(cnn2-c2ccc(F)cc2)c1)c1c(C)cc(C)c(S(N)(=O)=O)c1C. The summed E-state index contributed by atoms with van der Waals surface area (Å²) >= 11 is 0. The van der Waals surface area contributed by atoms with Crippen LogP contribution in [0.15, 0.2) is 59.6 Å². The molecule has 178 valence electrons. The predicted molar refractivity (Wildman–Crippen MR) is 135 cm³/mol. The van der Waals surface area contributed by atoms with Gasteiger partial charge in [0.1, 0.15) is 5.82 Å². The number of nitrogens with two attached hydrogens (primary N) is 1. The Morgan fingerprint density at radius 3 is 2.41 bits per heavy atom. The number of aromatic nitrogens is 2. The van der Waals surface area contributed by atoms with E-state index in [0.717, 1.165) is 45.4 Å². The van der Waals surface area contributed by atoms with Gasteiger partial charge in [0.15, 0.2) is 0 Å². The first kappa shape index (κ1) is 23.9. The molecule has 0 fully saturated rings. The van der Waals surface area contributed by atoms with Gasteiger partial charge in [-0.15, -0.1) is 0 Å². The molecule has 3 aromatic carbocycles. The molecule has 0 aliphatic heterocycles. The molecule has 0 bridgehead atoms. The van der Waals surface area contributed by atoms with Crippen LogP contribution < -0.4 is 10.5 Å². The smallest absolute Gasteiger partial charge is 0.238 e. The van der Waals surface area contributed by atoms with E-state index in [1.54, 1.807) is 29.9 Å². The van der Waals surface area contributed by atoms with Crippen molar-refractivity contribution in [2.75, 3.05) is 11.9 Å². The summed E-state index contributed by atoms with van der Waals surface area (Å²) in [6.45, 7) is 8.37. The molecule has 1 heterocycles. The van der Waals surface area contributed by atoms with E-state index in [2.05, 4.69) is 17.3 Å². The summed E-state index contributed by atoms with van der Waals surface area (Å²) in [7, 11) is -3.81. The quantitative estimate of drug-likeness (QED) is 0.373. The third-order valence-electron chi connectivity index (χ3n) is 6.34. The van der Waals surface area contributed by atoms with Gasteiger partial charge in [-0.25, -0.2) is 22.6 Å². The molecule has 1 aromatic heterocycles. The maximum absolute atomic E-state index is 13.3. The van der Waals surface area contributed by atoms with Crippen LogP contribution >= 0.6 is 0 Å². The van der Waals surface area contributed by atoms with Gasteiger partial charge < -0.3 is 5.32 Å². The van der Waals surface area contributed by atoms with Gasteiger partial charge >= 0.3 is 0 Å². The summed E-state index contributed by atoms with van der Waals surface area (Å²) in [5.74, 6) is -0.175. The zero-order chi connectivity index (χ0) is 24.6. The molecule has 1 atom stereocenters. The van der Waals surface area contributed by atoms with Gasteiger partial charge in [-0.3, -0.25) is 0 Å². The number of hydrogen-bond acceptors (Lipinski definition) is 4. The zero-order valence-corrected chi connectivity index (χ0v) is 20.6. The standard InChI is InChI=1S/C26H29FN4O2S/c1-5-19(25-16(2)12-17(3)26(18(25)4)34(28,32)33)14-29-22-8-11-24-20(13-22)15-30-31(24)23-9-6-21(27)7-10-23/h6-13,15,19,29H,5,14H2,1-4H3,(H2,28,32,33)/t19-/m1/s1. The zero-order valence-electron chi connectivity index (χ0n) is 19.8. The van der Waals surface area contributed by atoms with Crippen LogP contribution in [0, 0.1) is 26.6 Å². The number of fused-ring (bicyclic) bond motifs is 1. The lowest BCUT2D eigenvalue weighted by atomic mass is 9.87. The molecule has 34 heavy (non-hydrogen) atoms. The molecule has 0 aliphatic rings. The van der Waals surface area contributed by atoms with Gasteiger partial charge in [-0.2, -0.15) is 5.10 Å². The van der Waals surface area contributed by atoms with Gasteiger partial charge in [0.05, 0.1) is 22.3 Å². The number of hydrogen-bond donors (Lipinski definition) is 2. The van der Waals surface area contributed by atoms with E-state index in [4.69, 9.17) is 5.14 Å². The van der Waals surface area contributed by atoms with Gasteiger partial charge in [0.2, 0.25) is 10.0 Å². The molecule has 0 radical (unpaired) electrons. The van der Waals surface area contributed by atoms with Crippen LogP contribution in [0.25, 0.3) is 16.6 Å². The Labute approximate surface area is 199 Å². The number of primary sulfonamides is 1. The molecule has 4 rings (SSSR count). The molecule has 0 saturated heterocycles. The lowest BCUT2D eigenvalue weighted by molar-refractivity contribution is 0.595. The van der Waals surface area contributed by atoms with E-state index in [-0.39, 0.29) is 16.6 Å². The van der Waals surface area contributed by atoms with Crippen molar-refractivity contribution in [1.29, 1.82) is 0 Å². The second kappa shape index (κ2) is 9.19. The number of sulfonamides is 1. The van der Waals surface area contributed by atoms with Gasteiger partial charge in [0.25, 0.3) is 0 Å². The second-order valence-corrected chi connectivity index (χ2v) is 10.2. The third kappa shape index (κ3) is 4.56. The third-order valence-corrected chi connectivity index (χ3v) is 7.54. The molecule has 0 aliphatic carbocycles. The maximum Gasteiger partial charge on any atom is 0.238 e. The molecule has 0 unspecified atom stereocenters. The molecule has 0 spiro atoms. The Morgan fingerprint density at radius 2 is 1.76 bits per heavy atom. The van der Waals surface area contributed by atoms with Crippen LogP contribution in [0.2, 0.25) is 0 Å². The van der Waals surface area contributed by atoms with Gasteiger partial charge in [0, 0.05) is 23.5 Å². The summed E-state index contributed by atoms with van der Waals surface area (Å²) in [5, 5.41) is 14.4. The Hall–Kier alpha value is -3.23. The molecule has 3 N–H and O–H groups in total. The first-order chi connectivity index (χ1) is 16.1. The van der Waals surface area contributed by atoms with E-state index < -0.39 is 10.0 Å². The fourth-order valence-corrected chi connectivity index (χ4v) is 5.91. The van der Waals surface area contributed by atoms with E-state index in [1.165, 1.54) is 12.1 Å². The van der Waals surface area contributed by atoms with Crippen LogP contribution in [0.1, 0.15) is 41.5 Å². The highest BCUT2D eigenvalue weighted by Crippen LogP contribution is 2.33. The lowest BCUT2D eigenvalue weighted by Gasteiger charge is -2.24. The Morgan fingerprint density at radius 1 is 1.06 bits per heavy atom. The molecule has 0 amide bonds. The van der Waals surface area contributed by atoms with Crippen LogP contribution in [0.3, 0.4) is 0 Å². The number of nitrogens with zero attached hydrogens (tertiary/aromatic N) is 2. The van der Waals surface area contributed by atoms with E-state index in [1.807, 2.05) is 38.1 Å². The van der Waals surface area contributed by atoms with E-state index >= 15 is 0 Å². The number of nitrogens with one attached hydrogen (secondary N) is 1. The fraction of sp³-hybridized carbons (Fsp3) is 0.269. The highest BCUT2D eigenvalue weighted by molar-refractivity contribution is 7.89. The van der Waals surface area contributed by atoms with Crippen molar-refractivity contribution in [3.63, 3.8) is 0 Å². The average Bonchev–Trinajstić information content (AvgIpc) is 3.18. The minimum Gasteiger partial charge on any atom is -0.384 e. The van der Waals surface area contributed by atoms with Crippen molar-refractivity contribution in [3.05, 3.63) is 82.8 Å². The van der Waals surface area contributed by atoms with Crippen molar-refractivity contribution in [1.82, 2.24) is 9.78 Å². The predicted octanol–water partition coefficient (Wildman–Crippen LogP) is 5.34. The summed E-state index contributed by atoms with van der Waals surface area (Å²) in [4.78, 5) is 0.223. The van der Waals surface area contributed by atoms with E-state index in [0.29, 0.717) is 12.1 Å². The van der Waals surface area contributed by atoms with Crippen LogP contribution in [-0.2, 0) is 10.0 Å². The first-order valence-electron chi connectivity index (χ1n) is 11.2. The Balaban J connectivity index is 1.60. The number of anilines is 1. The number of benzene rings is 3. The number of halogens is 1. The largest absolute Gasteiger partial charge is 0.384 e. The van der Waals surface area contributed by atoms with Crippen LogP contribution in [-0.4, -0.2) is 24.7 Å². The number of aryl methyl sites for hydroxylation is 2. The van der Waals surface area contributed by atoms with Crippen molar-refractivity contribution < 1.29 is 12.8 Å². The highest BCUT2D eigenvalue weighted by atomic mass is 32.2. The second-order valence-electron chi connectivity index (χ2n) is 8.72. The number of rotatable bonds is 7. The molecule has 6 nitrogen and oxygen atoms in total. The molecule has 8 heteroatoms. The lowest BCUT2D eigenvalue weighted by Crippen LogP contribution is -2.20. The Kier molecular flexibility index (Phi) is 6.47. The summed E-state index contributed by atoms with van der Waals surface area (Å²) in [6, 6.07) is 14.1. The monoisotopic (exact) mass is 480 g/mol. The van der Waals surface area contributed by atoms with Gasteiger partial charge in [-0.1, -0.05) is 13.0 Å². The summed E-state index contributed by atoms with van der Waals surface area (Å²) in [6.07, 6.45) is 2.63. The minimum absolute atomic E-state index is 0.110. The molecule has 0 saturated carbocycles. The van der Waals surface area contributed by atoms with Crippen LogP contribution in [0.4, 0.5) is 10.1 Å². The first-order valence-corrected chi connectivity index (χ1v) is 12.8. The summed E-state index contributed by atoms with van der Waals surface area (Å²) < 4.78 is 39.5. The van der Waals surface area contributed by atoms with Crippen molar-refractivity contribution in [2.45, 2.75) is 44.9 Å². The molecular formula is C26H29FN4O2S. The van der Waals surface area contributed by atoms with E-state index in [9.17, 15) is 12.8 Å². The summed E-state index contributed by atoms with van der Waals surface area (Å²) in [5.41, 5.74) is 6.14. The highest BCUT2D eigenvalue weighted by Gasteiger charge is 2.23. The minimum atomic E-state index is -3.81. The normalized spacial score (nSPS) is 12.8. The van der Waals surface area contributed by atoms with Crippen LogP contribution in [0.5, 0.6) is 0 Å². The Bertz CT molecular complexity index is 1460. The van der Waals surface area contributed by atoms with Crippen molar-refractivity contribution in [3.8, 4) is 5.69 Å². The van der Waals surface area contributed by atoms with Crippen molar-refractivity contribution in [2.24, 2.45) is 5.14 Å². The maximum atomic E-state index is 13.3.